The van der Waals surface area contributed by atoms with Gasteiger partial charge in [0.15, 0.2) is 0 Å². The van der Waals surface area contributed by atoms with Crippen molar-refractivity contribution in [3.8, 4) is 11.4 Å². The largest absolute Gasteiger partial charge is 0.339 e. The first-order valence-electron chi connectivity index (χ1n) is 9.90. The number of sulfonamides is 1. The van der Waals surface area contributed by atoms with Crippen LogP contribution in [0.25, 0.3) is 11.4 Å². The van der Waals surface area contributed by atoms with Crippen LogP contribution in [0.3, 0.4) is 0 Å². The average molecular weight is 445 g/mol. The van der Waals surface area contributed by atoms with Crippen LogP contribution in [0.4, 0.5) is 0 Å². The van der Waals surface area contributed by atoms with E-state index in [9.17, 15) is 8.42 Å². The third-order valence-electron chi connectivity index (χ3n) is 6.40. The van der Waals surface area contributed by atoms with Gasteiger partial charge in [0.2, 0.25) is 21.7 Å². The van der Waals surface area contributed by atoms with Gasteiger partial charge in [0, 0.05) is 42.0 Å². The molecule has 1 spiro atoms. The standard InChI is InChI=1S/C21H21ClN4O3S/c1-14-17(22)5-2-6-18(14)30(27,28)26-10-7-21(8-11-26)12-16(21)20-24-19(25-29-20)15-4-3-9-23-13-15/h2-6,9,13,16H,7-8,10-12H2,1H3/t16-/m1/s1. The molecule has 2 aliphatic rings. The number of hydrogen-bond acceptors (Lipinski definition) is 6. The second-order valence-electron chi connectivity index (χ2n) is 8.08. The maximum atomic E-state index is 13.1. The molecule has 1 atom stereocenters. The highest BCUT2D eigenvalue weighted by atomic mass is 35.5. The first-order valence-corrected chi connectivity index (χ1v) is 11.7. The summed E-state index contributed by atoms with van der Waals surface area (Å²) in [6, 6.07) is 8.74. The van der Waals surface area contributed by atoms with Crippen molar-refractivity contribution in [2.75, 3.05) is 13.1 Å². The van der Waals surface area contributed by atoms with E-state index >= 15 is 0 Å². The summed E-state index contributed by atoms with van der Waals surface area (Å²) in [6.07, 6.45) is 5.92. The van der Waals surface area contributed by atoms with E-state index in [1.165, 1.54) is 0 Å². The van der Waals surface area contributed by atoms with Crippen molar-refractivity contribution in [2.24, 2.45) is 5.41 Å². The van der Waals surface area contributed by atoms with Crippen molar-refractivity contribution >= 4 is 21.6 Å². The molecular weight excluding hydrogens is 424 g/mol. The van der Waals surface area contributed by atoms with Crippen molar-refractivity contribution < 1.29 is 12.9 Å². The predicted octanol–water partition coefficient (Wildman–Crippen LogP) is 4.05. The normalized spacial score (nSPS) is 21.1. The highest BCUT2D eigenvalue weighted by Crippen LogP contribution is 2.64. The topological polar surface area (TPSA) is 89.2 Å². The van der Waals surface area contributed by atoms with Gasteiger partial charge in [-0.1, -0.05) is 22.8 Å². The van der Waals surface area contributed by atoms with Gasteiger partial charge >= 0.3 is 0 Å². The molecule has 1 aromatic carbocycles. The molecule has 0 N–H and O–H groups in total. The minimum atomic E-state index is -3.56. The van der Waals surface area contributed by atoms with Crippen molar-refractivity contribution in [1.29, 1.82) is 0 Å². The molecule has 2 aromatic heterocycles. The van der Waals surface area contributed by atoms with E-state index in [2.05, 4.69) is 15.1 Å². The van der Waals surface area contributed by atoms with Crippen LogP contribution < -0.4 is 0 Å². The van der Waals surface area contributed by atoms with E-state index in [4.69, 9.17) is 16.1 Å². The van der Waals surface area contributed by atoms with E-state index in [0.717, 1.165) is 24.8 Å². The quantitative estimate of drug-likeness (QED) is 0.603. The number of nitrogens with zero attached hydrogens (tertiary/aromatic N) is 4. The Kier molecular flexibility index (Phi) is 4.68. The van der Waals surface area contributed by atoms with Gasteiger partial charge < -0.3 is 4.52 Å². The molecule has 3 aromatic rings. The highest BCUT2D eigenvalue weighted by molar-refractivity contribution is 7.89. The van der Waals surface area contributed by atoms with Gasteiger partial charge in [-0.2, -0.15) is 9.29 Å². The first kappa shape index (κ1) is 19.7. The van der Waals surface area contributed by atoms with Crippen molar-refractivity contribution in [1.82, 2.24) is 19.4 Å². The van der Waals surface area contributed by atoms with Crippen LogP contribution in [-0.2, 0) is 10.0 Å². The Bertz CT molecular complexity index is 1190. The Labute approximate surface area is 180 Å². The molecule has 0 bridgehead atoms. The van der Waals surface area contributed by atoms with Crippen LogP contribution in [0.2, 0.25) is 5.02 Å². The fraction of sp³-hybridized carbons (Fsp3) is 0.381. The number of piperidine rings is 1. The van der Waals surface area contributed by atoms with Gasteiger partial charge in [0.25, 0.3) is 0 Å². The van der Waals surface area contributed by atoms with E-state index in [-0.39, 0.29) is 16.2 Å². The molecule has 3 heterocycles. The Morgan fingerprint density at radius 2 is 2.00 bits per heavy atom. The molecule has 1 aliphatic carbocycles. The molecule has 2 fully saturated rings. The summed E-state index contributed by atoms with van der Waals surface area (Å²) in [5.41, 5.74) is 1.46. The minimum absolute atomic E-state index is 0.0497. The van der Waals surface area contributed by atoms with E-state index in [1.807, 2.05) is 12.1 Å². The van der Waals surface area contributed by atoms with Gasteiger partial charge in [-0.05, 0) is 61.4 Å². The summed E-state index contributed by atoms with van der Waals surface area (Å²) in [5, 5.41) is 4.56. The molecule has 0 unspecified atom stereocenters. The SMILES string of the molecule is Cc1c(Cl)cccc1S(=O)(=O)N1CCC2(CC1)C[C@@H]2c1nc(-c2cccnc2)no1. The molecule has 1 saturated carbocycles. The van der Waals surface area contributed by atoms with Gasteiger partial charge in [0.1, 0.15) is 0 Å². The van der Waals surface area contributed by atoms with Crippen molar-refractivity contribution in [2.45, 2.75) is 37.0 Å². The van der Waals surface area contributed by atoms with Crippen molar-refractivity contribution in [3.63, 3.8) is 0 Å². The second kappa shape index (κ2) is 7.14. The summed E-state index contributed by atoms with van der Waals surface area (Å²) >= 11 is 6.14. The molecule has 1 aliphatic heterocycles. The lowest BCUT2D eigenvalue weighted by molar-refractivity contribution is 0.242. The smallest absolute Gasteiger partial charge is 0.243 e. The first-order chi connectivity index (χ1) is 14.4. The third-order valence-corrected chi connectivity index (χ3v) is 8.86. The lowest BCUT2D eigenvalue weighted by Crippen LogP contribution is -2.39. The van der Waals surface area contributed by atoms with Crippen LogP contribution in [-0.4, -0.2) is 40.9 Å². The number of pyridine rings is 1. The maximum Gasteiger partial charge on any atom is 0.243 e. The Morgan fingerprint density at radius 3 is 2.73 bits per heavy atom. The summed E-state index contributed by atoms with van der Waals surface area (Å²) in [4.78, 5) is 8.94. The summed E-state index contributed by atoms with van der Waals surface area (Å²) in [6.45, 7) is 2.70. The highest BCUT2D eigenvalue weighted by Gasteiger charge is 2.59. The molecule has 5 rings (SSSR count). The number of aromatic nitrogens is 3. The van der Waals surface area contributed by atoms with Crippen LogP contribution in [0.1, 0.15) is 36.6 Å². The molecule has 1 saturated heterocycles. The third kappa shape index (κ3) is 3.23. The fourth-order valence-electron chi connectivity index (χ4n) is 4.42. The zero-order valence-electron chi connectivity index (χ0n) is 16.5. The van der Waals surface area contributed by atoms with E-state index in [0.29, 0.717) is 35.4 Å². The molecule has 7 nitrogen and oxygen atoms in total. The van der Waals surface area contributed by atoms with E-state index in [1.54, 1.807) is 41.8 Å². The average Bonchev–Trinajstić information content (AvgIpc) is 3.22. The van der Waals surface area contributed by atoms with Crippen LogP contribution in [0, 0.1) is 12.3 Å². The van der Waals surface area contributed by atoms with Crippen molar-refractivity contribution in [3.05, 3.63) is 59.2 Å². The predicted molar refractivity (Wildman–Crippen MR) is 112 cm³/mol. The number of halogens is 1. The molecule has 0 radical (unpaired) electrons. The van der Waals surface area contributed by atoms with Gasteiger partial charge in [0.05, 0.1) is 4.90 Å². The van der Waals surface area contributed by atoms with Gasteiger partial charge in [-0.15, -0.1) is 0 Å². The van der Waals surface area contributed by atoms with E-state index < -0.39 is 10.0 Å². The zero-order valence-corrected chi connectivity index (χ0v) is 18.0. The Morgan fingerprint density at radius 1 is 1.20 bits per heavy atom. The fourth-order valence-corrected chi connectivity index (χ4v) is 6.34. The number of hydrogen-bond donors (Lipinski definition) is 0. The zero-order chi connectivity index (χ0) is 20.9. The number of benzene rings is 1. The minimum Gasteiger partial charge on any atom is -0.339 e. The molecule has 0 amide bonds. The van der Waals surface area contributed by atoms with Gasteiger partial charge in [-0.3, -0.25) is 4.98 Å². The van der Waals surface area contributed by atoms with Gasteiger partial charge in [-0.25, -0.2) is 8.42 Å². The lowest BCUT2D eigenvalue weighted by atomic mass is 9.92. The van der Waals surface area contributed by atoms with Crippen LogP contribution in [0.5, 0.6) is 0 Å². The second-order valence-corrected chi connectivity index (χ2v) is 10.4. The Hall–Kier alpha value is -2.29. The maximum absolute atomic E-state index is 13.1. The summed E-state index contributed by atoms with van der Waals surface area (Å²) in [7, 11) is -3.56. The number of rotatable bonds is 4. The van der Waals surface area contributed by atoms with Crippen LogP contribution >= 0.6 is 11.6 Å². The molecule has 9 heteroatoms. The van der Waals surface area contributed by atoms with Crippen LogP contribution in [0.15, 0.2) is 52.1 Å². The summed E-state index contributed by atoms with van der Waals surface area (Å²) < 4.78 is 33.3. The summed E-state index contributed by atoms with van der Waals surface area (Å²) in [5.74, 6) is 1.36. The molecule has 30 heavy (non-hydrogen) atoms. The molecule has 156 valence electrons. The monoisotopic (exact) mass is 444 g/mol. The molecular formula is C21H21ClN4O3S. The Balaban J connectivity index is 1.29. The lowest BCUT2D eigenvalue weighted by Gasteiger charge is -2.32.